The topological polar surface area (TPSA) is 85.1 Å². The summed E-state index contributed by atoms with van der Waals surface area (Å²) in [5.74, 6) is 0.208. The van der Waals surface area contributed by atoms with Crippen LogP contribution in [0.2, 0.25) is 0 Å². The number of nitrogens with zero attached hydrogens (tertiary/aromatic N) is 1. The molecule has 0 amide bonds. The molecule has 1 unspecified atom stereocenters. The average Bonchev–Trinajstić information content (AvgIpc) is 2.17. The van der Waals surface area contributed by atoms with E-state index in [9.17, 15) is 8.42 Å². The Hall–Kier alpha value is -1.14. The van der Waals surface area contributed by atoms with E-state index in [0.29, 0.717) is 0 Å². The minimum absolute atomic E-state index is 0.109. The molecular weight excluding hydrogens is 226 g/mol. The number of pyridine rings is 1. The van der Waals surface area contributed by atoms with Crippen LogP contribution >= 0.6 is 0 Å². The number of anilines is 1. The first-order valence-corrected chi connectivity index (χ1v) is 6.55. The lowest BCUT2D eigenvalue weighted by molar-refractivity contribution is 0.475. The van der Waals surface area contributed by atoms with Crippen molar-refractivity contribution in [3.8, 4) is 0 Å². The van der Waals surface area contributed by atoms with Crippen molar-refractivity contribution in [1.82, 2.24) is 9.71 Å². The second kappa shape index (κ2) is 4.80. The van der Waals surface area contributed by atoms with E-state index in [2.05, 4.69) is 9.71 Å². The molecule has 0 fully saturated rings. The molecule has 6 heteroatoms. The minimum Gasteiger partial charge on any atom is -0.396 e. The molecule has 0 spiro atoms. The SMILES string of the molecule is CC(C)C(C)NS(=O)(=O)c1ncccc1N. The van der Waals surface area contributed by atoms with Gasteiger partial charge in [-0.2, -0.15) is 0 Å². The molecule has 16 heavy (non-hydrogen) atoms. The summed E-state index contributed by atoms with van der Waals surface area (Å²) in [6.07, 6.45) is 1.41. The van der Waals surface area contributed by atoms with Gasteiger partial charge in [-0.1, -0.05) is 13.8 Å². The van der Waals surface area contributed by atoms with Gasteiger partial charge >= 0.3 is 0 Å². The number of nitrogens with one attached hydrogen (secondary N) is 1. The van der Waals surface area contributed by atoms with Crippen molar-refractivity contribution in [3.05, 3.63) is 18.3 Å². The Morgan fingerprint density at radius 1 is 1.38 bits per heavy atom. The van der Waals surface area contributed by atoms with E-state index in [1.165, 1.54) is 12.3 Å². The fraction of sp³-hybridized carbons (Fsp3) is 0.500. The van der Waals surface area contributed by atoms with Gasteiger partial charge in [-0.25, -0.2) is 18.1 Å². The molecule has 0 bridgehead atoms. The summed E-state index contributed by atoms with van der Waals surface area (Å²) in [5, 5.41) is -0.109. The van der Waals surface area contributed by atoms with Gasteiger partial charge in [0.05, 0.1) is 5.69 Å². The molecule has 90 valence electrons. The van der Waals surface area contributed by atoms with Crippen LogP contribution in [0.25, 0.3) is 0 Å². The molecule has 5 nitrogen and oxygen atoms in total. The summed E-state index contributed by atoms with van der Waals surface area (Å²) < 4.78 is 26.4. The first kappa shape index (κ1) is 12.9. The van der Waals surface area contributed by atoms with Gasteiger partial charge in [0.15, 0.2) is 5.03 Å². The molecule has 3 N–H and O–H groups in total. The van der Waals surface area contributed by atoms with E-state index in [-0.39, 0.29) is 22.7 Å². The zero-order valence-corrected chi connectivity index (χ0v) is 10.5. The van der Waals surface area contributed by atoms with Gasteiger partial charge in [-0.3, -0.25) is 0 Å². The minimum atomic E-state index is -3.62. The molecule has 0 saturated carbocycles. The summed E-state index contributed by atoms with van der Waals surface area (Å²) in [4.78, 5) is 3.79. The van der Waals surface area contributed by atoms with E-state index in [4.69, 9.17) is 5.73 Å². The molecule has 0 saturated heterocycles. The second-order valence-corrected chi connectivity index (χ2v) is 5.68. The maximum Gasteiger partial charge on any atom is 0.260 e. The highest BCUT2D eigenvalue weighted by Crippen LogP contribution is 2.15. The number of nitrogens with two attached hydrogens (primary N) is 1. The third-order valence-electron chi connectivity index (χ3n) is 2.40. The quantitative estimate of drug-likeness (QED) is 0.825. The van der Waals surface area contributed by atoms with Crippen LogP contribution in [0.5, 0.6) is 0 Å². The number of nitrogen functional groups attached to an aromatic ring is 1. The number of hydrogen-bond donors (Lipinski definition) is 2. The third kappa shape index (κ3) is 2.93. The fourth-order valence-electron chi connectivity index (χ4n) is 1.06. The second-order valence-electron chi connectivity index (χ2n) is 4.05. The fourth-order valence-corrected chi connectivity index (χ4v) is 2.52. The Morgan fingerprint density at radius 3 is 2.50 bits per heavy atom. The van der Waals surface area contributed by atoms with Crippen LogP contribution in [0, 0.1) is 5.92 Å². The summed E-state index contributed by atoms with van der Waals surface area (Å²) in [7, 11) is -3.62. The van der Waals surface area contributed by atoms with Crippen molar-refractivity contribution in [1.29, 1.82) is 0 Å². The Balaban J connectivity index is 3.00. The van der Waals surface area contributed by atoms with Crippen LogP contribution in [0.3, 0.4) is 0 Å². The van der Waals surface area contributed by atoms with Gasteiger partial charge in [-0.05, 0) is 25.0 Å². The maximum atomic E-state index is 11.9. The normalized spacial score (nSPS) is 14.0. The largest absolute Gasteiger partial charge is 0.396 e. The van der Waals surface area contributed by atoms with Crippen LogP contribution in [-0.4, -0.2) is 19.4 Å². The third-order valence-corrected chi connectivity index (χ3v) is 3.93. The number of hydrogen-bond acceptors (Lipinski definition) is 4. The highest BCUT2D eigenvalue weighted by atomic mass is 32.2. The van der Waals surface area contributed by atoms with Crippen molar-refractivity contribution in [2.45, 2.75) is 31.8 Å². The molecule has 1 rings (SSSR count). The van der Waals surface area contributed by atoms with Crippen molar-refractivity contribution in [2.75, 3.05) is 5.73 Å². The first-order chi connectivity index (χ1) is 7.34. The predicted octanol–water partition coefficient (Wildman–Crippen LogP) is 0.987. The Kier molecular flexibility index (Phi) is 3.88. The summed E-state index contributed by atoms with van der Waals surface area (Å²) in [5.41, 5.74) is 5.74. The lowest BCUT2D eigenvalue weighted by Crippen LogP contribution is -2.36. The van der Waals surface area contributed by atoms with E-state index in [1.54, 1.807) is 13.0 Å². The number of sulfonamides is 1. The molecule has 0 aliphatic heterocycles. The van der Waals surface area contributed by atoms with Gasteiger partial charge in [0, 0.05) is 12.2 Å². The van der Waals surface area contributed by atoms with E-state index >= 15 is 0 Å². The van der Waals surface area contributed by atoms with E-state index < -0.39 is 10.0 Å². The highest BCUT2D eigenvalue weighted by Gasteiger charge is 2.22. The van der Waals surface area contributed by atoms with Gasteiger partial charge in [0.1, 0.15) is 0 Å². The van der Waals surface area contributed by atoms with Crippen molar-refractivity contribution in [2.24, 2.45) is 5.92 Å². The highest BCUT2D eigenvalue weighted by molar-refractivity contribution is 7.89. The Labute approximate surface area is 96.1 Å². The van der Waals surface area contributed by atoms with Crippen molar-refractivity contribution in [3.63, 3.8) is 0 Å². The van der Waals surface area contributed by atoms with Gasteiger partial charge < -0.3 is 5.73 Å². The summed E-state index contributed by atoms with van der Waals surface area (Å²) in [6.45, 7) is 5.69. The molecule has 0 radical (unpaired) electrons. The maximum absolute atomic E-state index is 11.9. The summed E-state index contributed by atoms with van der Waals surface area (Å²) >= 11 is 0. The molecular formula is C10H17N3O2S. The first-order valence-electron chi connectivity index (χ1n) is 5.07. The number of aromatic nitrogens is 1. The van der Waals surface area contributed by atoms with Crippen LogP contribution in [0.4, 0.5) is 5.69 Å². The molecule has 1 aromatic heterocycles. The average molecular weight is 243 g/mol. The van der Waals surface area contributed by atoms with Crippen LogP contribution in [0.15, 0.2) is 23.4 Å². The summed E-state index contributed by atoms with van der Waals surface area (Å²) in [6, 6.07) is 2.95. The van der Waals surface area contributed by atoms with Crippen LogP contribution < -0.4 is 10.5 Å². The van der Waals surface area contributed by atoms with E-state index in [0.717, 1.165) is 0 Å². The Bertz CT molecular complexity index is 457. The van der Waals surface area contributed by atoms with Crippen molar-refractivity contribution >= 4 is 15.7 Å². The predicted molar refractivity (Wildman–Crippen MR) is 63.3 cm³/mol. The van der Waals surface area contributed by atoms with Crippen LogP contribution in [0.1, 0.15) is 20.8 Å². The van der Waals surface area contributed by atoms with Crippen LogP contribution in [-0.2, 0) is 10.0 Å². The monoisotopic (exact) mass is 243 g/mol. The van der Waals surface area contributed by atoms with E-state index in [1.807, 2.05) is 13.8 Å². The van der Waals surface area contributed by atoms with Gasteiger partial charge in [0.25, 0.3) is 10.0 Å². The Morgan fingerprint density at radius 2 is 2.00 bits per heavy atom. The number of rotatable bonds is 4. The lowest BCUT2D eigenvalue weighted by atomic mass is 10.1. The molecule has 0 aromatic carbocycles. The molecule has 0 aliphatic rings. The van der Waals surface area contributed by atoms with Gasteiger partial charge in [0.2, 0.25) is 0 Å². The molecule has 1 atom stereocenters. The van der Waals surface area contributed by atoms with Crippen molar-refractivity contribution < 1.29 is 8.42 Å². The molecule has 1 heterocycles. The standard InChI is InChI=1S/C10H17N3O2S/c1-7(2)8(3)13-16(14,15)10-9(11)5-4-6-12-10/h4-8,13H,11H2,1-3H3. The lowest BCUT2D eigenvalue weighted by Gasteiger charge is -2.17. The zero-order valence-electron chi connectivity index (χ0n) is 9.64. The smallest absolute Gasteiger partial charge is 0.260 e. The zero-order chi connectivity index (χ0) is 12.3. The molecule has 0 aliphatic carbocycles. The molecule has 1 aromatic rings. The van der Waals surface area contributed by atoms with Gasteiger partial charge in [-0.15, -0.1) is 0 Å².